The minimum atomic E-state index is -3.89. The lowest BCUT2D eigenvalue weighted by molar-refractivity contribution is -0.142. The zero-order valence-corrected chi connectivity index (χ0v) is 20.6. The molecule has 10 heteroatoms. The van der Waals surface area contributed by atoms with Gasteiger partial charge in [-0.05, 0) is 49.9 Å². The largest absolute Gasteiger partial charge is 0.467 e. The van der Waals surface area contributed by atoms with Crippen LogP contribution in [0.4, 0.5) is 0 Å². The summed E-state index contributed by atoms with van der Waals surface area (Å²) in [7, 11) is -3.89. The lowest BCUT2D eigenvalue weighted by Crippen LogP contribution is -2.54. The SMILES string of the molecule is Cc1ccc(S(=O)(=O)NCC(=O)N(Cc2ccco2)[C@H](C(=O)NC[C@H]2CCCO2)C(C)C)cc1. The molecule has 1 aromatic heterocycles. The van der Waals surface area contributed by atoms with Gasteiger partial charge in [0, 0.05) is 13.2 Å². The molecule has 0 aliphatic carbocycles. The highest BCUT2D eigenvalue weighted by atomic mass is 32.2. The maximum absolute atomic E-state index is 13.3. The van der Waals surface area contributed by atoms with E-state index in [0.29, 0.717) is 18.9 Å². The number of carbonyl (C=O) groups is 2. The van der Waals surface area contributed by atoms with E-state index in [1.807, 2.05) is 20.8 Å². The summed E-state index contributed by atoms with van der Waals surface area (Å²) in [6.45, 7) is 6.14. The van der Waals surface area contributed by atoms with Crippen molar-refractivity contribution < 1.29 is 27.2 Å². The van der Waals surface area contributed by atoms with E-state index < -0.39 is 28.5 Å². The number of nitrogens with one attached hydrogen (secondary N) is 2. The number of nitrogens with zero attached hydrogens (tertiary/aromatic N) is 1. The van der Waals surface area contributed by atoms with Crippen molar-refractivity contribution in [2.24, 2.45) is 5.92 Å². The average Bonchev–Trinajstić information content (AvgIpc) is 3.50. The molecule has 0 saturated carbocycles. The predicted octanol–water partition coefficient (Wildman–Crippen LogP) is 2.21. The van der Waals surface area contributed by atoms with Crippen LogP contribution in [0, 0.1) is 12.8 Å². The molecule has 1 aromatic carbocycles. The van der Waals surface area contributed by atoms with E-state index in [4.69, 9.17) is 9.15 Å². The van der Waals surface area contributed by atoms with Gasteiger partial charge in [0.15, 0.2) is 0 Å². The van der Waals surface area contributed by atoms with Gasteiger partial charge in [0.05, 0.1) is 30.4 Å². The molecule has 3 rings (SSSR count). The van der Waals surface area contributed by atoms with E-state index >= 15 is 0 Å². The number of furan rings is 1. The molecule has 2 amide bonds. The Morgan fingerprint density at radius 3 is 2.50 bits per heavy atom. The molecule has 34 heavy (non-hydrogen) atoms. The summed E-state index contributed by atoms with van der Waals surface area (Å²) < 4.78 is 38.7. The van der Waals surface area contributed by atoms with E-state index in [9.17, 15) is 18.0 Å². The molecule has 2 N–H and O–H groups in total. The first-order chi connectivity index (χ1) is 16.2. The van der Waals surface area contributed by atoms with Gasteiger partial charge in [0.1, 0.15) is 11.8 Å². The third-order valence-corrected chi connectivity index (χ3v) is 7.15. The molecule has 2 heterocycles. The van der Waals surface area contributed by atoms with E-state index in [1.165, 1.54) is 23.3 Å². The normalized spacial score (nSPS) is 17.0. The van der Waals surface area contributed by atoms with Gasteiger partial charge in [0.25, 0.3) is 0 Å². The van der Waals surface area contributed by atoms with Crippen LogP contribution in [0.1, 0.15) is 38.0 Å². The number of sulfonamides is 1. The quantitative estimate of drug-likeness (QED) is 0.498. The van der Waals surface area contributed by atoms with Crippen molar-refractivity contribution in [1.29, 1.82) is 0 Å². The minimum absolute atomic E-state index is 0.0349. The zero-order valence-electron chi connectivity index (χ0n) is 19.8. The smallest absolute Gasteiger partial charge is 0.243 e. The summed E-state index contributed by atoms with van der Waals surface area (Å²) in [6.07, 6.45) is 3.29. The standard InChI is InChI=1S/C24H33N3O6S/c1-17(2)23(24(29)25-14-19-6-4-12-32-19)27(16-20-7-5-13-33-20)22(28)15-26-34(30,31)21-10-8-18(3)9-11-21/h5,7-11,13,17,19,23,26H,4,6,12,14-16H2,1-3H3,(H,25,29)/t19-,23+/m1/s1. The fraction of sp³-hybridized carbons (Fsp3) is 0.500. The van der Waals surface area contributed by atoms with Crippen molar-refractivity contribution in [2.45, 2.75) is 57.2 Å². The second-order valence-corrected chi connectivity index (χ2v) is 10.6. The molecule has 1 fully saturated rings. The highest BCUT2D eigenvalue weighted by Gasteiger charge is 2.34. The van der Waals surface area contributed by atoms with Gasteiger partial charge in [-0.25, -0.2) is 13.1 Å². The Kier molecular flexibility index (Phi) is 8.87. The highest BCUT2D eigenvalue weighted by Crippen LogP contribution is 2.18. The Morgan fingerprint density at radius 1 is 1.18 bits per heavy atom. The Balaban J connectivity index is 1.75. The molecule has 9 nitrogen and oxygen atoms in total. The lowest BCUT2D eigenvalue weighted by Gasteiger charge is -2.33. The number of hydrogen-bond donors (Lipinski definition) is 2. The number of benzene rings is 1. The molecule has 0 bridgehead atoms. The molecule has 186 valence electrons. The topological polar surface area (TPSA) is 118 Å². The van der Waals surface area contributed by atoms with Gasteiger partial charge in [-0.3, -0.25) is 9.59 Å². The molecule has 0 radical (unpaired) electrons. The summed E-state index contributed by atoms with van der Waals surface area (Å²) in [4.78, 5) is 27.8. The summed E-state index contributed by atoms with van der Waals surface area (Å²) >= 11 is 0. The van der Waals surface area contributed by atoms with Crippen LogP contribution in [-0.4, -0.2) is 57.0 Å². The van der Waals surface area contributed by atoms with Crippen molar-refractivity contribution in [3.63, 3.8) is 0 Å². The fourth-order valence-corrected chi connectivity index (χ4v) is 4.87. The fourth-order valence-electron chi connectivity index (χ4n) is 3.90. The van der Waals surface area contributed by atoms with Gasteiger partial charge in [-0.1, -0.05) is 31.5 Å². The van der Waals surface area contributed by atoms with Gasteiger partial charge >= 0.3 is 0 Å². The second-order valence-electron chi connectivity index (χ2n) is 8.81. The molecular weight excluding hydrogens is 458 g/mol. The van der Waals surface area contributed by atoms with Gasteiger partial charge < -0.3 is 19.4 Å². The molecule has 2 aromatic rings. The van der Waals surface area contributed by atoms with Crippen LogP contribution in [0.3, 0.4) is 0 Å². The van der Waals surface area contributed by atoms with E-state index in [1.54, 1.807) is 24.3 Å². The van der Waals surface area contributed by atoms with Crippen LogP contribution in [0.2, 0.25) is 0 Å². The minimum Gasteiger partial charge on any atom is -0.467 e. The summed E-state index contributed by atoms with van der Waals surface area (Å²) in [5.41, 5.74) is 0.924. The van der Waals surface area contributed by atoms with Crippen LogP contribution in [0.5, 0.6) is 0 Å². The first kappa shape index (κ1) is 25.9. The predicted molar refractivity (Wildman–Crippen MR) is 126 cm³/mol. The maximum Gasteiger partial charge on any atom is 0.243 e. The number of amides is 2. The highest BCUT2D eigenvalue weighted by molar-refractivity contribution is 7.89. The molecule has 1 aliphatic rings. The first-order valence-corrected chi connectivity index (χ1v) is 12.9. The Bertz CT molecular complexity index is 1040. The van der Waals surface area contributed by atoms with Crippen molar-refractivity contribution >= 4 is 21.8 Å². The number of hydrogen-bond acceptors (Lipinski definition) is 6. The van der Waals surface area contributed by atoms with Crippen LogP contribution in [0.25, 0.3) is 0 Å². The number of ether oxygens (including phenoxy) is 1. The Hall–Kier alpha value is -2.69. The molecule has 2 atom stereocenters. The third kappa shape index (κ3) is 6.91. The number of rotatable bonds is 11. The summed E-state index contributed by atoms with van der Waals surface area (Å²) in [6, 6.07) is 8.93. The molecule has 1 aliphatic heterocycles. The van der Waals surface area contributed by atoms with Crippen molar-refractivity contribution in [1.82, 2.24) is 14.9 Å². The Labute approximate surface area is 200 Å². The van der Waals surface area contributed by atoms with Crippen LogP contribution < -0.4 is 10.0 Å². The number of carbonyl (C=O) groups excluding carboxylic acids is 2. The van der Waals surface area contributed by atoms with Crippen LogP contribution >= 0.6 is 0 Å². The van der Waals surface area contributed by atoms with Crippen molar-refractivity contribution in [3.8, 4) is 0 Å². The molecule has 0 spiro atoms. The van der Waals surface area contributed by atoms with Gasteiger partial charge in [-0.15, -0.1) is 0 Å². The Morgan fingerprint density at radius 2 is 1.91 bits per heavy atom. The molecule has 0 unspecified atom stereocenters. The lowest BCUT2D eigenvalue weighted by atomic mass is 10.0. The van der Waals surface area contributed by atoms with Crippen LogP contribution in [0.15, 0.2) is 52.0 Å². The third-order valence-electron chi connectivity index (χ3n) is 5.74. The van der Waals surface area contributed by atoms with Crippen molar-refractivity contribution in [2.75, 3.05) is 19.7 Å². The van der Waals surface area contributed by atoms with E-state index in [0.717, 1.165) is 18.4 Å². The zero-order chi connectivity index (χ0) is 24.7. The second kappa shape index (κ2) is 11.6. The number of aryl methyl sites for hydroxylation is 1. The average molecular weight is 492 g/mol. The van der Waals surface area contributed by atoms with E-state index in [2.05, 4.69) is 10.0 Å². The maximum atomic E-state index is 13.3. The van der Waals surface area contributed by atoms with Gasteiger partial charge in [0.2, 0.25) is 21.8 Å². The summed E-state index contributed by atoms with van der Waals surface area (Å²) in [5, 5.41) is 2.90. The van der Waals surface area contributed by atoms with Gasteiger partial charge in [-0.2, -0.15) is 0 Å². The summed E-state index contributed by atoms with van der Waals surface area (Å²) in [5.74, 6) is -0.575. The van der Waals surface area contributed by atoms with Crippen LogP contribution in [-0.2, 0) is 30.9 Å². The van der Waals surface area contributed by atoms with Crippen molar-refractivity contribution in [3.05, 3.63) is 54.0 Å². The molecular formula is C24H33N3O6S. The molecule has 1 saturated heterocycles. The first-order valence-electron chi connectivity index (χ1n) is 11.4. The van der Waals surface area contributed by atoms with E-state index in [-0.39, 0.29) is 29.4 Å². The monoisotopic (exact) mass is 491 g/mol.